The molecule has 2 aromatic heterocycles. The van der Waals surface area contributed by atoms with Crippen molar-refractivity contribution in [2.75, 3.05) is 0 Å². The maximum absolute atomic E-state index is 5.13. The average Bonchev–Trinajstić information content (AvgIpc) is 3.90. The number of benzene rings is 7. The van der Waals surface area contributed by atoms with Crippen LogP contribution in [-0.2, 0) is 5.41 Å². The minimum atomic E-state index is -0.335. The molecule has 3 aliphatic rings. The molecule has 9 aromatic rings. The predicted octanol–water partition coefficient (Wildman–Crippen LogP) is 13.6. The Morgan fingerprint density at radius 3 is 1.74 bits per heavy atom. The SMILES string of the molecule is CC1C=C(c2nc(-c3ccc(-c4ccc5c(c4)-c4ccccc4C54c5ccccc5-c5ccccc54)cc3)nc(-c3ccc4c(c3)sc3ccccc34)n2)C=CC1. The van der Waals surface area contributed by atoms with Crippen LogP contribution in [0.25, 0.3) is 81.9 Å². The standard InChI is InChI=1S/C53H35N3S/c1-32-11-10-12-36(29-32)51-54-50(55-52(56-51)37-25-27-42-41-16-5-9-20-48(41)57-49(42)31-37)34-23-21-33(22-24-34)35-26-28-47-43(30-35)40-15-4-8-19-46(40)53(47)44-17-6-2-13-38(44)39-14-3-7-18-45(39)53/h2-10,12-32H,11H2,1H3. The Morgan fingerprint density at radius 2 is 1.02 bits per heavy atom. The molecule has 1 atom stereocenters. The van der Waals surface area contributed by atoms with Crippen LogP contribution in [0.2, 0.25) is 0 Å². The monoisotopic (exact) mass is 745 g/mol. The molecule has 0 saturated carbocycles. The van der Waals surface area contributed by atoms with Gasteiger partial charge in [0, 0.05) is 36.9 Å². The van der Waals surface area contributed by atoms with Gasteiger partial charge >= 0.3 is 0 Å². The van der Waals surface area contributed by atoms with E-state index in [2.05, 4.69) is 183 Å². The third-order valence-corrected chi connectivity index (χ3v) is 13.4. The third kappa shape index (κ3) is 4.81. The minimum absolute atomic E-state index is 0.335. The van der Waals surface area contributed by atoms with Crippen LogP contribution in [-0.4, -0.2) is 15.0 Å². The van der Waals surface area contributed by atoms with Gasteiger partial charge in [0.05, 0.1) is 5.41 Å². The molecule has 1 unspecified atom stereocenters. The van der Waals surface area contributed by atoms with Crippen molar-refractivity contribution in [3.05, 3.63) is 204 Å². The van der Waals surface area contributed by atoms with Gasteiger partial charge in [0.15, 0.2) is 17.5 Å². The van der Waals surface area contributed by atoms with Gasteiger partial charge < -0.3 is 0 Å². The zero-order valence-electron chi connectivity index (χ0n) is 31.3. The second kappa shape index (κ2) is 12.4. The Hall–Kier alpha value is -6.75. The molecule has 0 amide bonds. The predicted molar refractivity (Wildman–Crippen MR) is 236 cm³/mol. The Bertz CT molecular complexity index is 3140. The number of hydrogen-bond acceptors (Lipinski definition) is 4. The Morgan fingerprint density at radius 1 is 0.474 bits per heavy atom. The molecule has 12 rings (SSSR count). The molecule has 4 heteroatoms. The summed E-state index contributed by atoms with van der Waals surface area (Å²) in [6.45, 7) is 2.24. The highest BCUT2D eigenvalue weighted by molar-refractivity contribution is 7.25. The van der Waals surface area contributed by atoms with Gasteiger partial charge in [-0.3, -0.25) is 0 Å². The molecule has 57 heavy (non-hydrogen) atoms. The Kier molecular flexibility index (Phi) is 7.05. The first kappa shape index (κ1) is 32.5. The summed E-state index contributed by atoms with van der Waals surface area (Å²) in [5.41, 5.74) is 15.7. The molecule has 0 N–H and O–H groups in total. The lowest BCUT2D eigenvalue weighted by atomic mass is 9.70. The highest BCUT2D eigenvalue weighted by atomic mass is 32.1. The van der Waals surface area contributed by atoms with E-state index in [-0.39, 0.29) is 5.41 Å². The van der Waals surface area contributed by atoms with E-state index < -0.39 is 0 Å². The van der Waals surface area contributed by atoms with Crippen molar-refractivity contribution in [3.8, 4) is 56.2 Å². The fourth-order valence-electron chi connectivity index (χ4n) is 9.71. The summed E-state index contributed by atoms with van der Waals surface area (Å²) in [6.07, 6.45) is 7.68. The van der Waals surface area contributed by atoms with Gasteiger partial charge in [-0.1, -0.05) is 165 Å². The normalized spacial score (nSPS) is 15.7. The zero-order valence-corrected chi connectivity index (χ0v) is 32.1. The van der Waals surface area contributed by atoms with Crippen LogP contribution in [0.1, 0.15) is 41.4 Å². The van der Waals surface area contributed by atoms with Gasteiger partial charge in [0.2, 0.25) is 0 Å². The van der Waals surface area contributed by atoms with Crippen molar-refractivity contribution in [2.45, 2.75) is 18.8 Å². The molecule has 2 heterocycles. The molecular weight excluding hydrogens is 711 g/mol. The summed E-state index contributed by atoms with van der Waals surface area (Å²) < 4.78 is 2.52. The van der Waals surface area contributed by atoms with E-state index in [0.29, 0.717) is 23.4 Å². The van der Waals surface area contributed by atoms with Crippen LogP contribution in [0, 0.1) is 5.92 Å². The topological polar surface area (TPSA) is 38.7 Å². The summed E-state index contributed by atoms with van der Waals surface area (Å²) in [6, 6.07) is 58.0. The maximum atomic E-state index is 5.13. The van der Waals surface area contributed by atoms with E-state index in [9.17, 15) is 0 Å². The molecule has 3 aliphatic carbocycles. The summed E-state index contributed by atoms with van der Waals surface area (Å²) >= 11 is 1.81. The summed E-state index contributed by atoms with van der Waals surface area (Å²) in [7, 11) is 0. The number of nitrogens with zero attached hydrogens (tertiary/aromatic N) is 3. The molecule has 3 nitrogen and oxygen atoms in total. The van der Waals surface area contributed by atoms with Crippen LogP contribution >= 0.6 is 11.3 Å². The summed E-state index contributed by atoms with van der Waals surface area (Å²) in [5, 5.41) is 2.55. The molecule has 7 aromatic carbocycles. The van der Waals surface area contributed by atoms with E-state index in [0.717, 1.165) is 28.7 Å². The van der Waals surface area contributed by atoms with Crippen molar-refractivity contribution in [3.63, 3.8) is 0 Å². The molecule has 0 bridgehead atoms. The Balaban J connectivity index is 0.957. The van der Waals surface area contributed by atoms with Crippen LogP contribution in [0.15, 0.2) is 176 Å². The smallest absolute Gasteiger partial charge is 0.164 e. The van der Waals surface area contributed by atoms with Gasteiger partial charge in [0.1, 0.15) is 0 Å². The van der Waals surface area contributed by atoms with Gasteiger partial charge in [-0.15, -0.1) is 11.3 Å². The number of aromatic nitrogens is 3. The van der Waals surface area contributed by atoms with Crippen molar-refractivity contribution in [1.29, 1.82) is 0 Å². The van der Waals surface area contributed by atoms with E-state index in [1.165, 1.54) is 70.2 Å². The van der Waals surface area contributed by atoms with Crippen LogP contribution < -0.4 is 0 Å². The highest BCUT2D eigenvalue weighted by Crippen LogP contribution is 2.63. The molecular formula is C53H35N3S. The van der Waals surface area contributed by atoms with Gasteiger partial charge in [0.25, 0.3) is 0 Å². The first-order valence-electron chi connectivity index (χ1n) is 19.7. The molecule has 0 aliphatic heterocycles. The summed E-state index contributed by atoms with van der Waals surface area (Å²) in [4.78, 5) is 15.3. The van der Waals surface area contributed by atoms with Gasteiger partial charge in [-0.05, 0) is 86.2 Å². The van der Waals surface area contributed by atoms with Crippen molar-refractivity contribution >= 4 is 37.1 Å². The Labute approximate surface area is 335 Å². The minimum Gasteiger partial charge on any atom is -0.208 e. The molecule has 0 radical (unpaired) electrons. The lowest BCUT2D eigenvalue weighted by Gasteiger charge is -2.30. The van der Waals surface area contributed by atoms with E-state index in [4.69, 9.17) is 15.0 Å². The fraction of sp³-hybridized carbons (Fsp3) is 0.0755. The van der Waals surface area contributed by atoms with E-state index in [1.54, 1.807) is 0 Å². The van der Waals surface area contributed by atoms with Crippen molar-refractivity contribution in [2.24, 2.45) is 5.92 Å². The van der Waals surface area contributed by atoms with E-state index in [1.807, 2.05) is 11.3 Å². The van der Waals surface area contributed by atoms with E-state index >= 15 is 0 Å². The highest BCUT2D eigenvalue weighted by Gasteiger charge is 2.51. The quantitative estimate of drug-likeness (QED) is 0.180. The summed E-state index contributed by atoms with van der Waals surface area (Å²) in [5.74, 6) is 2.50. The molecule has 1 spiro atoms. The fourth-order valence-corrected chi connectivity index (χ4v) is 10.9. The van der Waals surface area contributed by atoms with Crippen LogP contribution in [0.3, 0.4) is 0 Å². The lowest BCUT2D eigenvalue weighted by Crippen LogP contribution is -2.25. The number of allylic oxidation sites excluding steroid dienone is 4. The van der Waals surface area contributed by atoms with Crippen molar-refractivity contribution in [1.82, 2.24) is 15.0 Å². The largest absolute Gasteiger partial charge is 0.208 e. The third-order valence-electron chi connectivity index (χ3n) is 12.3. The number of fused-ring (bicyclic) bond motifs is 13. The maximum Gasteiger partial charge on any atom is 0.164 e. The zero-order chi connectivity index (χ0) is 37.7. The molecule has 0 saturated heterocycles. The van der Waals surface area contributed by atoms with Crippen molar-refractivity contribution < 1.29 is 0 Å². The molecule has 268 valence electrons. The number of hydrogen-bond donors (Lipinski definition) is 0. The number of thiophene rings is 1. The second-order valence-corrected chi connectivity index (χ2v) is 16.7. The number of rotatable bonds is 4. The van der Waals surface area contributed by atoms with Gasteiger partial charge in [-0.25, -0.2) is 15.0 Å². The van der Waals surface area contributed by atoms with Crippen LogP contribution in [0.4, 0.5) is 0 Å². The lowest BCUT2D eigenvalue weighted by molar-refractivity contribution is 0.738. The van der Waals surface area contributed by atoms with Crippen LogP contribution in [0.5, 0.6) is 0 Å². The first-order valence-corrected chi connectivity index (χ1v) is 20.6. The average molecular weight is 746 g/mol. The first-order chi connectivity index (χ1) is 28.1. The van der Waals surface area contributed by atoms with Gasteiger partial charge in [-0.2, -0.15) is 0 Å². The second-order valence-electron chi connectivity index (χ2n) is 15.6. The molecule has 0 fully saturated rings.